The molecule has 1 saturated heterocycles. The van der Waals surface area contributed by atoms with E-state index in [1.165, 1.54) is 0 Å². The fourth-order valence-electron chi connectivity index (χ4n) is 1.16. The summed E-state index contributed by atoms with van der Waals surface area (Å²) in [7, 11) is 0. The van der Waals surface area contributed by atoms with E-state index in [1.54, 1.807) is 6.92 Å². The summed E-state index contributed by atoms with van der Waals surface area (Å²) in [6.07, 6.45) is -0.950. The Balaban J connectivity index is 2.62. The first kappa shape index (κ1) is 9.41. The van der Waals surface area contributed by atoms with Crippen molar-refractivity contribution in [3.05, 3.63) is 0 Å². The highest BCUT2D eigenvalue weighted by molar-refractivity contribution is 9.09. The van der Waals surface area contributed by atoms with Crippen LogP contribution in [0.5, 0.6) is 0 Å². The number of hydrogen-bond acceptors (Lipinski definition) is 4. The van der Waals surface area contributed by atoms with Crippen LogP contribution >= 0.6 is 15.9 Å². The third-order valence-corrected chi connectivity index (χ3v) is 2.28. The zero-order valence-corrected chi connectivity index (χ0v) is 7.78. The van der Waals surface area contributed by atoms with Crippen LogP contribution in [0.4, 0.5) is 0 Å². The van der Waals surface area contributed by atoms with Crippen molar-refractivity contribution in [3.8, 4) is 0 Å². The van der Waals surface area contributed by atoms with Gasteiger partial charge in [0, 0.05) is 12.5 Å². The predicted octanol–water partition coefficient (Wildman–Crippen LogP) is -0.476. The van der Waals surface area contributed by atoms with Crippen LogP contribution in [-0.4, -0.2) is 33.2 Å². The molecule has 4 N–H and O–H groups in total. The molecule has 0 aliphatic carbocycles. The fraction of sp³-hybridized carbons (Fsp3) is 1.00. The van der Waals surface area contributed by atoms with Gasteiger partial charge < -0.3 is 20.7 Å². The van der Waals surface area contributed by atoms with Gasteiger partial charge in [-0.2, -0.15) is 0 Å². The van der Waals surface area contributed by atoms with E-state index in [1.807, 2.05) is 0 Å². The van der Waals surface area contributed by atoms with Crippen LogP contribution in [0.1, 0.15) is 13.3 Å². The lowest BCUT2D eigenvalue weighted by atomic mass is 10.0. The SMILES string of the molecule is C[C@@H]1OC(O)(Br)C[C@H](N)[C@@H]1O. The molecule has 1 rings (SSSR count). The van der Waals surface area contributed by atoms with Gasteiger partial charge in [0.05, 0.1) is 12.2 Å². The van der Waals surface area contributed by atoms with Crippen LogP contribution < -0.4 is 5.73 Å². The first-order valence-electron chi connectivity index (χ1n) is 3.45. The zero-order chi connectivity index (χ0) is 8.65. The van der Waals surface area contributed by atoms with E-state index in [4.69, 9.17) is 10.5 Å². The average molecular weight is 226 g/mol. The van der Waals surface area contributed by atoms with Gasteiger partial charge in [0.2, 0.25) is 4.70 Å². The maximum atomic E-state index is 9.34. The normalized spacial score (nSPS) is 52.6. The standard InChI is InChI=1S/C6H12BrNO3/c1-3-5(9)4(8)2-6(7,10)11-3/h3-5,9-10H,2,8H2,1H3/t3-,4-,5+,6?/m0/s1. The quantitative estimate of drug-likeness (QED) is 0.488. The van der Waals surface area contributed by atoms with Crippen molar-refractivity contribution in [2.45, 2.75) is 36.3 Å². The molecule has 1 aliphatic heterocycles. The lowest BCUT2D eigenvalue weighted by Gasteiger charge is -2.38. The molecule has 0 saturated carbocycles. The van der Waals surface area contributed by atoms with Crippen molar-refractivity contribution >= 4 is 15.9 Å². The molecule has 4 atom stereocenters. The van der Waals surface area contributed by atoms with Crippen LogP contribution in [-0.2, 0) is 4.74 Å². The topological polar surface area (TPSA) is 75.7 Å². The number of rotatable bonds is 0. The van der Waals surface area contributed by atoms with Gasteiger partial charge in [0.25, 0.3) is 0 Å². The van der Waals surface area contributed by atoms with Crippen molar-refractivity contribution < 1.29 is 14.9 Å². The number of aliphatic hydroxyl groups excluding tert-OH is 1. The minimum Gasteiger partial charge on any atom is -0.389 e. The highest BCUT2D eigenvalue weighted by atomic mass is 79.9. The largest absolute Gasteiger partial charge is 0.389 e. The van der Waals surface area contributed by atoms with Crippen LogP contribution in [0.25, 0.3) is 0 Å². The van der Waals surface area contributed by atoms with Gasteiger partial charge in [-0.15, -0.1) is 0 Å². The highest BCUT2D eigenvalue weighted by Gasteiger charge is 2.40. The monoisotopic (exact) mass is 225 g/mol. The zero-order valence-electron chi connectivity index (χ0n) is 6.20. The Labute approximate surface area is 73.5 Å². The molecule has 0 aromatic heterocycles. The molecule has 0 radical (unpaired) electrons. The molecular weight excluding hydrogens is 214 g/mol. The summed E-state index contributed by atoms with van der Waals surface area (Å²) < 4.78 is 3.63. The summed E-state index contributed by atoms with van der Waals surface area (Å²) in [6.45, 7) is 1.66. The lowest BCUT2D eigenvalue weighted by molar-refractivity contribution is -0.217. The number of hydrogen-bond donors (Lipinski definition) is 3. The van der Waals surface area contributed by atoms with Gasteiger partial charge in [-0.05, 0) is 22.9 Å². The summed E-state index contributed by atoms with van der Waals surface area (Å²) in [5, 5.41) is 18.6. The number of halogens is 1. The third kappa shape index (κ3) is 2.13. The molecular formula is C6H12BrNO3. The molecule has 0 bridgehead atoms. The van der Waals surface area contributed by atoms with Crippen LogP contribution in [0, 0.1) is 0 Å². The summed E-state index contributed by atoms with van der Waals surface area (Å²) in [6, 6.07) is -0.442. The molecule has 1 unspecified atom stereocenters. The Hall–Kier alpha value is 0.320. The summed E-state index contributed by atoms with van der Waals surface area (Å²) in [4.78, 5) is 0. The Morgan fingerprint density at radius 3 is 2.73 bits per heavy atom. The van der Waals surface area contributed by atoms with E-state index in [0.717, 1.165) is 0 Å². The second kappa shape index (κ2) is 2.99. The van der Waals surface area contributed by atoms with E-state index < -0.39 is 22.9 Å². The minimum absolute atomic E-state index is 0.193. The van der Waals surface area contributed by atoms with Crippen molar-refractivity contribution in [2.24, 2.45) is 5.73 Å². The molecule has 0 spiro atoms. The molecule has 4 nitrogen and oxygen atoms in total. The highest BCUT2D eigenvalue weighted by Crippen LogP contribution is 2.30. The molecule has 1 aliphatic rings. The number of aliphatic hydroxyl groups is 2. The smallest absolute Gasteiger partial charge is 0.225 e. The van der Waals surface area contributed by atoms with Gasteiger partial charge in [-0.1, -0.05) is 0 Å². The molecule has 11 heavy (non-hydrogen) atoms. The Morgan fingerprint density at radius 2 is 2.27 bits per heavy atom. The average Bonchev–Trinajstić information content (AvgIpc) is 1.81. The second-order valence-corrected chi connectivity index (χ2v) is 4.11. The van der Waals surface area contributed by atoms with Gasteiger partial charge in [0.15, 0.2) is 0 Å². The molecule has 0 aromatic carbocycles. The van der Waals surface area contributed by atoms with Gasteiger partial charge in [-0.3, -0.25) is 0 Å². The first-order chi connectivity index (χ1) is 4.92. The predicted molar refractivity (Wildman–Crippen MR) is 43.0 cm³/mol. The van der Waals surface area contributed by atoms with Gasteiger partial charge in [0.1, 0.15) is 0 Å². The Kier molecular flexibility index (Phi) is 2.56. The van der Waals surface area contributed by atoms with Crippen molar-refractivity contribution in [1.29, 1.82) is 0 Å². The molecule has 1 heterocycles. The lowest BCUT2D eigenvalue weighted by Crippen LogP contribution is -2.54. The van der Waals surface area contributed by atoms with Crippen LogP contribution in [0.15, 0.2) is 0 Å². The van der Waals surface area contributed by atoms with E-state index >= 15 is 0 Å². The molecule has 0 aromatic rings. The first-order valence-corrected chi connectivity index (χ1v) is 4.24. The third-order valence-electron chi connectivity index (χ3n) is 1.77. The van der Waals surface area contributed by atoms with E-state index in [-0.39, 0.29) is 6.42 Å². The van der Waals surface area contributed by atoms with Crippen molar-refractivity contribution in [3.63, 3.8) is 0 Å². The van der Waals surface area contributed by atoms with E-state index in [9.17, 15) is 10.2 Å². The Morgan fingerprint density at radius 1 is 1.73 bits per heavy atom. The molecule has 0 amide bonds. The summed E-state index contributed by atoms with van der Waals surface area (Å²) in [5.41, 5.74) is 5.52. The van der Waals surface area contributed by atoms with E-state index in [0.29, 0.717) is 0 Å². The molecule has 1 fully saturated rings. The maximum absolute atomic E-state index is 9.34. The van der Waals surface area contributed by atoms with Gasteiger partial charge in [-0.25, -0.2) is 0 Å². The van der Waals surface area contributed by atoms with Crippen LogP contribution in [0.3, 0.4) is 0 Å². The summed E-state index contributed by atoms with van der Waals surface area (Å²) in [5.74, 6) is 0. The maximum Gasteiger partial charge on any atom is 0.225 e. The molecule has 5 heteroatoms. The minimum atomic E-state index is -1.37. The van der Waals surface area contributed by atoms with Crippen molar-refractivity contribution in [2.75, 3.05) is 0 Å². The van der Waals surface area contributed by atoms with E-state index in [2.05, 4.69) is 15.9 Å². The number of ether oxygens (including phenoxy) is 1. The van der Waals surface area contributed by atoms with Gasteiger partial charge >= 0.3 is 0 Å². The Bertz CT molecular complexity index is 139. The molecule has 66 valence electrons. The second-order valence-electron chi connectivity index (χ2n) is 2.87. The number of alkyl halides is 1. The number of nitrogens with two attached hydrogens (primary N) is 1. The van der Waals surface area contributed by atoms with Crippen molar-refractivity contribution in [1.82, 2.24) is 0 Å². The fourth-order valence-corrected chi connectivity index (χ4v) is 1.83. The van der Waals surface area contributed by atoms with Crippen LogP contribution in [0.2, 0.25) is 0 Å². The summed E-state index contributed by atoms with van der Waals surface area (Å²) >= 11 is 2.94.